The van der Waals surface area contributed by atoms with Crippen molar-refractivity contribution in [3.05, 3.63) is 52.6 Å². The third-order valence-corrected chi connectivity index (χ3v) is 4.99. The maximum Gasteiger partial charge on any atom is 0.270 e. The molecule has 1 saturated heterocycles. The average molecular weight is 475 g/mol. The number of benzene rings is 2. The summed E-state index contributed by atoms with van der Waals surface area (Å²) in [4.78, 5) is 27.0. The van der Waals surface area contributed by atoms with E-state index in [9.17, 15) is 9.59 Å². The highest BCUT2D eigenvalue weighted by molar-refractivity contribution is 7.80. The quantitative estimate of drug-likeness (QED) is 0.365. The molecule has 0 aromatic heterocycles. The van der Waals surface area contributed by atoms with Crippen molar-refractivity contribution >= 4 is 52.5 Å². The van der Waals surface area contributed by atoms with Crippen molar-refractivity contribution in [2.75, 3.05) is 18.6 Å². The summed E-state index contributed by atoms with van der Waals surface area (Å²) in [5.41, 5.74) is 0.918. The monoisotopic (exact) mass is 474 g/mol. The van der Waals surface area contributed by atoms with Crippen LogP contribution in [0.3, 0.4) is 0 Å². The van der Waals surface area contributed by atoms with Crippen molar-refractivity contribution in [3.63, 3.8) is 0 Å². The fourth-order valence-electron chi connectivity index (χ4n) is 3.07. The van der Waals surface area contributed by atoms with Gasteiger partial charge in [-0.05, 0) is 81.0 Å². The summed E-state index contributed by atoms with van der Waals surface area (Å²) in [6.07, 6.45) is 1.34. The average Bonchev–Trinajstić information content (AvgIpc) is 2.74. The number of hydrogen-bond acceptors (Lipinski definition) is 6. The van der Waals surface area contributed by atoms with E-state index < -0.39 is 11.8 Å². The molecule has 0 atom stereocenters. The van der Waals surface area contributed by atoms with Crippen molar-refractivity contribution in [1.29, 1.82) is 0 Å². The van der Waals surface area contributed by atoms with Gasteiger partial charge in [0.2, 0.25) is 0 Å². The number of thiocarbonyl (C=S) groups is 1. The van der Waals surface area contributed by atoms with Gasteiger partial charge in [0.1, 0.15) is 11.3 Å². The minimum Gasteiger partial charge on any atom is -0.497 e. The summed E-state index contributed by atoms with van der Waals surface area (Å²) in [5, 5.41) is 2.86. The van der Waals surface area contributed by atoms with Gasteiger partial charge in [-0.2, -0.15) is 0 Å². The zero-order valence-electron chi connectivity index (χ0n) is 18.1. The lowest BCUT2D eigenvalue weighted by atomic mass is 10.1. The van der Waals surface area contributed by atoms with Gasteiger partial charge in [0.15, 0.2) is 16.6 Å². The van der Waals surface area contributed by atoms with Crippen molar-refractivity contribution in [2.45, 2.75) is 26.9 Å². The number of halogens is 1. The van der Waals surface area contributed by atoms with Crippen LogP contribution in [0, 0.1) is 0 Å². The van der Waals surface area contributed by atoms with Crippen LogP contribution in [-0.4, -0.2) is 36.7 Å². The van der Waals surface area contributed by atoms with Crippen LogP contribution in [0.2, 0.25) is 5.02 Å². The van der Waals surface area contributed by atoms with Crippen molar-refractivity contribution in [2.24, 2.45) is 0 Å². The third kappa shape index (κ3) is 5.03. The summed E-state index contributed by atoms with van der Waals surface area (Å²) >= 11 is 11.7. The lowest BCUT2D eigenvalue weighted by Crippen LogP contribution is -2.54. The smallest absolute Gasteiger partial charge is 0.270 e. The molecule has 0 radical (unpaired) electrons. The number of nitrogens with zero attached hydrogens (tertiary/aromatic N) is 1. The Morgan fingerprint density at radius 1 is 1.19 bits per heavy atom. The lowest BCUT2D eigenvalue weighted by molar-refractivity contribution is -0.122. The highest BCUT2D eigenvalue weighted by Gasteiger charge is 2.34. The number of methoxy groups -OCH3 is 1. The zero-order chi connectivity index (χ0) is 23.4. The Labute approximate surface area is 196 Å². The van der Waals surface area contributed by atoms with Crippen molar-refractivity contribution in [1.82, 2.24) is 5.32 Å². The lowest BCUT2D eigenvalue weighted by Gasteiger charge is -2.29. The predicted octanol–water partition coefficient (Wildman–Crippen LogP) is 4.37. The molecule has 0 unspecified atom stereocenters. The highest BCUT2D eigenvalue weighted by Crippen LogP contribution is 2.38. The molecule has 0 saturated carbocycles. The van der Waals surface area contributed by atoms with Gasteiger partial charge < -0.3 is 14.2 Å². The van der Waals surface area contributed by atoms with E-state index in [2.05, 4.69) is 5.32 Å². The second kappa shape index (κ2) is 10.0. The Morgan fingerprint density at radius 3 is 2.47 bits per heavy atom. The van der Waals surface area contributed by atoms with Crippen LogP contribution in [0.25, 0.3) is 6.08 Å². The SMILES string of the molecule is CCOc1cc(/C=C2\C(=O)NC(=S)N(c3ccc(OC)cc3)C2=O)cc(Cl)c1OC(C)C. The first-order valence-electron chi connectivity index (χ1n) is 9.93. The number of ether oxygens (including phenoxy) is 3. The molecule has 1 aliphatic rings. The molecule has 32 heavy (non-hydrogen) atoms. The van der Waals surface area contributed by atoms with Crippen molar-refractivity contribution < 1.29 is 23.8 Å². The molecule has 7 nitrogen and oxygen atoms in total. The summed E-state index contributed by atoms with van der Waals surface area (Å²) in [6.45, 7) is 5.99. The van der Waals surface area contributed by atoms with E-state index in [0.717, 1.165) is 0 Å². The summed E-state index contributed by atoms with van der Waals surface area (Å²) < 4.78 is 16.6. The Balaban J connectivity index is 2.01. The molecule has 1 heterocycles. The Morgan fingerprint density at radius 2 is 1.88 bits per heavy atom. The molecule has 1 N–H and O–H groups in total. The molecule has 2 aromatic carbocycles. The fourth-order valence-corrected chi connectivity index (χ4v) is 3.62. The molecule has 2 amide bonds. The maximum atomic E-state index is 13.2. The summed E-state index contributed by atoms with van der Waals surface area (Å²) in [6, 6.07) is 10.0. The largest absolute Gasteiger partial charge is 0.497 e. The van der Waals surface area contributed by atoms with Crippen LogP contribution in [0.5, 0.6) is 17.2 Å². The van der Waals surface area contributed by atoms with Gasteiger partial charge in [-0.3, -0.25) is 19.8 Å². The number of carbonyl (C=O) groups excluding carboxylic acids is 2. The molecule has 0 bridgehead atoms. The first-order valence-corrected chi connectivity index (χ1v) is 10.7. The minimum absolute atomic E-state index is 0.00367. The molecule has 0 spiro atoms. The molecular weight excluding hydrogens is 452 g/mol. The number of anilines is 1. The maximum absolute atomic E-state index is 13.2. The predicted molar refractivity (Wildman–Crippen MR) is 128 cm³/mol. The number of nitrogens with one attached hydrogen (secondary N) is 1. The van der Waals surface area contributed by atoms with Crippen LogP contribution in [-0.2, 0) is 9.59 Å². The number of carbonyl (C=O) groups is 2. The van der Waals surface area contributed by atoms with E-state index in [1.165, 1.54) is 11.0 Å². The van der Waals surface area contributed by atoms with Gasteiger partial charge in [0, 0.05) is 0 Å². The molecule has 2 aromatic rings. The standard InChI is InChI=1S/C23H23ClN2O5S/c1-5-30-19-12-14(11-18(24)20(19)31-13(2)3)10-17-21(27)25-23(32)26(22(17)28)15-6-8-16(29-4)9-7-15/h6-13H,5H2,1-4H3,(H,25,27,32)/b17-10+. The topological polar surface area (TPSA) is 77.1 Å². The third-order valence-electron chi connectivity index (χ3n) is 4.43. The van der Waals surface area contributed by atoms with Crippen molar-refractivity contribution in [3.8, 4) is 17.2 Å². The van der Waals surface area contributed by atoms with Gasteiger partial charge in [-0.1, -0.05) is 11.6 Å². The van der Waals surface area contributed by atoms with Gasteiger partial charge in [0.05, 0.1) is 30.5 Å². The Kier molecular flexibility index (Phi) is 7.37. The van der Waals surface area contributed by atoms with Crippen LogP contribution in [0.1, 0.15) is 26.3 Å². The molecule has 168 valence electrons. The van der Waals surface area contributed by atoms with E-state index in [1.54, 1.807) is 43.5 Å². The van der Waals surface area contributed by atoms with Crippen LogP contribution in [0.15, 0.2) is 42.0 Å². The normalized spacial score (nSPS) is 15.2. The fraction of sp³-hybridized carbons (Fsp3) is 0.261. The molecule has 0 aliphatic carbocycles. The number of amides is 2. The van der Waals surface area contributed by atoms with Crippen LogP contribution >= 0.6 is 23.8 Å². The van der Waals surface area contributed by atoms with E-state index in [-0.39, 0.29) is 16.8 Å². The summed E-state index contributed by atoms with van der Waals surface area (Å²) in [7, 11) is 1.55. The van der Waals surface area contributed by atoms with Gasteiger partial charge in [-0.15, -0.1) is 0 Å². The zero-order valence-corrected chi connectivity index (χ0v) is 19.7. The van der Waals surface area contributed by atoms with E-state index in [4.69, 9.17) is 38.0 Å². The van der Waals surface area contributed by atoms with Crippen LogP contribution < -0.4 is 24.4 Å². The minimum atomic E-state index is -0.596. The van der Waals surface area contributed by atoms with Gasteiger partial charge >= 0.3 is 0 Å². The first-order chi connectivity index (χ1) is 15.2. The Bertz CT molecular complexity index is 1080. The second-order valence-corrected chi connectivity index (χ2v) is 7.88. The van der Waals surface area contributed by atoms with E-state index in [0.29, 0.717) is 40.1 Å². The number of rotatable bonds is 7. The molecule has 1 fully saturated rings. The van der Waals surface area contributed by atoms with E-state index >= 15 is 0 Å². The van der Waals surface area contributed by atoms with Crippen LogP contribution in [0.4, 0.5) is 5.69 Å². The molecule has 9 heteroatoms. The first kappa shape index (κ1) is 23.6. The van der Waals surface area contributed by atoms with Gasteiger partial charge in [-0.25, -0.2) is 0 Å². The summed E-state index contributed by atoms with van der Waals surface area (Å²) in [5.74, 6) is 0.311. The Hall–Kier alpha value is -3.10. The molecule has 1 aliphatic heterocycles. The van der Waals surface area contributed by atoms with Gasteiger partial charge in [0.25, 0.3) is 11.8 Å². The highest BCUT2D eigenvalue weighted by atomic mass is 35.5. The molecule has 3 rings (SSSR count). The van der Waals surface area contributed by atoms with E-state index in [1.807, 2.05) is 20.8 Å². The second-order valence-electron chi connectivity index (χ2n) is 7.09. The molecular formula is C23H23ClN2O5S. The number of hydrogen-bond donors (Lipinski definition) is 1.